The van der Waals surface area contributed by atoms with Crippen LogP contribution in [0.3, 0.4) is 0 Å². The van der Waals surface area contributed by atoms with Crippen molar-refractivity contribution < 1.29 is 0 Å². The minimum atomic E-state index is 0.865. The fourth-order valence-electron chi connectivity index (χ4n) is 1.21. The summed E-state index contributed by atoms with van der Waals surface area (Å²) < 4.78 is 0. The van der Waals surface area contributed by atoms with Gasteiger partial charge in [-0.1, -0.05) is 12.8 Å². The fourth-order valence-corrected chi connectivity index (χ4v) is 1.21. The van der Waals surface area contributed by atoms with Gasteiger partial charge < -0.3 is 5.32 Å². The first-order valence-electron chi connectivity index (χ1n) is 4.57. The van der Waals surface area contributed by atoms with Gasteiger partial charge in [-0.3, -0.25) is 0 Å². The van der Waals surface area contributed by atoms with Gasteiger partial charge >= 0.3 is 0 Å². The maximum Gasteiger partial charge on any atom is 0.0211 e. The van der Waals surface area contributed by atoms with Crippen molar-refractivity contribution in [1.82, 2.24) is 5.32 Å². The Morgan fingerprint density at radius 3 is 2.82 bits per heavy atom. The van der Waals surface area contributed by atoms with E-state index in [9.17, 15) is 0 Å². The minimum absolute atomic E-state index is 0.865. The number of hydrogen-bond donors (Lipinski definition) is 1. The van der Waals surface area contributed by atoms with Gasteiger partial charge in [-0.2, -0.15) is 0 Å². The fraction of sp³-hybridized carbons (Fsp3) is 0.800. The molecule has 0 unspecified atom stereocenters. The number of nitrogens with one attached hydrogen (secondary N) is 1. The molecule has 1 aliphatic carbocycles. The SMILES string of the molecule is C#CCCNCCCC1CC1. The monoisotopic (exact) mass is 151 g/mol. The third kappa shape index (κ3) is 4.86. The maximum atomic E-state index is 5.11. The van der Waals surface area contributed by atoms with E-state index in [1.165, 1.54) is 25.7 Å². The Balaban J connectivity index is 1.70. The highest BCUT2D eigenvalue weighted by Gasteiger charge is 2.19. The average Bonchev–Trinajstić information content (AvgIpc) is 2.80. The van der Waals surface area contributed by atoms with Crippen molar-refractivity contribution in [2.24, 2.45) is 5.92 Å². The van der Waals surface area contributed by atoms with Crippen LogP contribution in [-0.4, -0.2) is 13.1 Å². The second-order valence-corrected chi connectivity index (χ2v) is 3.29. The molecule has 1 saturated carbocycles. The Labute approximate surface area is 69.6 Å². The molecule has 1 rings (SSSR count). The molecule has 11 heavy (non-hydrogen) atoms. The summed E-state index contributed by atoms with van der Waals surface area (Å²) in [5.41, 5.74) is 0. The third-order valence-corrected chi connectivity index (χ3v) is 2.11. The van der Waals surface area contributed by atoms with E-state index < -0.39 is 0 Å². The van der Waals surface area contributed by atoms with Crippen molar-refractivity contribution >= 4 is 0 Å². The summed E-state index contributed by atoms with van der Waals surface area (Å²) in [4.78, 5) is 0. The van der Waals surface area contributed by atoms with Gasteiger partial charge in [-0.25, -0.2) is 0 Å². The predicted octanol–water partition coefficient (Wildman–Crippen LogP) is 1.79. The van der Waals surface area contributed by atoms with Gasteiger partial charge in [0.05, 0.1) is 0 Å². The summed E-state index contributed by atoms with van der Waals surface area (Å²) in [6, 6.07) is 0. The van der Waals surface area contributed by atoms with Crippen molar-refractivity contribution in [3.05, 3.63) is 0 Å². The standard InChI is InChI=1S/C10H17N/c1-2-3-8-11-9-4-5-10-6-7-10/h1,10-11H,3-9H2. The van der Waals surface area contributed by atoms with E-state index >= 15 is 0 Å². The van der Waals surface area contributed by atoms with Crippen LogP contribution in [0.1, 0.15) is 32.1 Å². The Hall–Kier alpha value is -0.480. The van der Waals surface area contributed by atoms with Crippen molar-refractivity contribution in [1.29, 1.82) is 0 Å². The van der Waals surface area contributed by atoms with E-state index in [0.717, 1.165) is 25.4 Å². The Morgan fingerprint density at radius 1 is 1.36 bits per heavy atom. The minimum Gasteiger partial charge on any atom is -0.316 e. The van der Waals surface area contributed by atoms with Gasteiger partial charge in [-0.15, -0.1) is 12.3 Å². The van der Waals surface area contributed by atoms with Crippen LogP contribution < -0.4 is 5.32 Å². The molecular weight excluding hydrogens is 134 g/mol. The zero-order valence-corrected chi connectivity index (χ0v) is 7.10. The van der Waals surface area contributed by atoms with Crippen molar-refractivity contribution in [3.63, 3.8) is 0 Å². The molecule has 1 N–H and O–H groups in total. The summed E-state index contributed by atoms with van der Waals surface area (Å²) in [6.07, 6.45) is 11.7. The van der Waals surface area contributed by atoms with Gasteiger partial charge in [0, 0.05) is 13.0 Å². The second kappa shape index (κ2) is 5.21. The average molecular weight is 151 g/mol. The molecule has 0 aromatic heterocycles. The molecule has 0 aromatic rings. The molecule has 1 fully saturated rings. The number of hydrogen-bond acceptors (Lipinski definition) is 1. The quantitative estimate of drug-likeness (QED) is 0.451. The van der Waals surface area contributed by atoms with E-state index in [1.807, 2.05) is 0 Å². The molecular formula is C10H17N. The Bertz CT molecular complexity index is 130. The van der Waals surface area contributed by atoms with Crippen LogP contribution in [0.25, 0.3) is 0 Å². The van der Waals surface area contributed by atoms with Crippen LogP contribution in [0.4, 0.5) is 0 Å². The topological polar surface area (TPSA) is 12.0 Å². The maximum absolute atomic E-state index is 5.11. The molecule has 1 heteroatoms. The highest BCUT2D eigenvalue weighted by atomic mass is 14.8. The summed E-state index contributed by atoms with van der Waals surface area (Å²) in [6.45, 7) is 2.14. The van der Waals surface area contributed by atoms with Crippen LogP contribution in [0, 0.1) is 18.3 Å². The predicted molar refractivity (Wildman–Crippen MR) is 48.3 cm³/mol. The highest BCUT2D eigenvalue weighted by molar-refractivity contribution is 4.84. The lowest BCUT2D eigenvalue weighted by Gasteiger charge is -2.00. The van der Waals surface area contributed by atoms with Gasteiger partial charge in [0.1, 0.15) is 0 Å². The highest BCUT2D eigenvalue weighted by Crippen LogP contribution is 2.33. The third-order valence-electron chi connectivity index (χ3n) is 2.11. The summed E-state index contributed by atoms with van der Waals surface area (Å²) in [5.74, 6) is 3.69. The molecule has 0 heterocycles. The van der Waals surface area contributed by atoms with Crippen molar-refractivity contribution in [2.45, 2.75) is 32.1 Å². The first-order chi connectivity index (χ1) is 5.43. The Kier molecular flexibility index (Phi) is 4.08. The molecule has 0 saturated heterocycles. The van der Waals surface area contributed by atoms with Gasteiger partial charge in [0.2, 0.25) is 0 Å². The molecule has 0 atom stereocenters. The van der Waals surface area contributed by atoms with E-state index in [4.69, 9.17) is 6.42 Å². The van der Waals surface area contributed by atoms with Crippen molar-refractivity contribution in [3.8, 4) is 12.3 Å². The molecule has 62 valence electrons. The normalized spacial score (nSPS) is 16.3. The van der Waals surface area contributed by atoms with E-state index in [2.05, 4.69) is 11.2 Å². The lowest BCUT2D eigenvalue weighted by atomic mass is 10.2. The summed E-state index contributed by atoms with van der Waals surface area (Å²) in [7, 11) is 0. The van der Waals surface area contributed by atoms with Crippen LogP contribution in [-0.2, 0) is 0 Å². The van der Waals surface area contributed by atoms with E-state index in [0.29, 0.717) is 0 Å². The first kappa shape index (κ1) is 8.62. The van der Waals surface area contributed by atoms with Crippen LogP contribution >= 0.6 is 0 Å². The molecule has 1 nitrogen and oxygen atoms in total. The molecule has 0 aliphatic heterocycles. The zero-order valence-electron chi connectivity index (χ0n) is 7.10. The molecule has 0 spiro atoms. The van der Waals surface area contributed by atoms with Gasteiger partial charge in [-0.05, 0) is 25.3 Å². The van der Waals surface area contributed by atoms with Crippen LogP contribution in [0.15, 0.2) is 0 Å². The Morgan fingerprint density at radius 2 is 2.18 bits per heavy atom. The van der Waals surface area contributed by atoms with E-state index in [1.54, 1.807) is 0 Å². The summed E-state index contributed by atoms with van der Waals surface area (Å²) in [5, 5.41) is 3.33. The molecule has 1 aliphatic rings. The van der Waals surface area contributed by atoms with Crippen molar-refractivity contribution in [2.75, 3.05) is 13.1 Å². The molecule has 0 aromatic carbocycles. The van der Waals surface area contributed by atoms with Crippen LogP contribution in [0.2, 0.25) is 0 Å². The second-order valence-electron chi connectivity index (χ2n) is 3.29. The molecule has 0 amide bonds. The first-order valence-corrected chi connectivity index (χ1v) is 4.57. The lowest BCUT2D eigenvalue weighted by Crippen LogP contribution is -2.16. The van der Waals surface area contributed by atoms with Gasteiger partial charge in [0.15, 0.2) is 0 Å². The number of rotatable bonds is 6. The lowest BCUT2D eigenvalue weighted by molar-refractivity contribution is 0.599. The number of terminal acetylenes is 1. The zero-order chi connectivity index (χ0) is 7.94. The van der Waals surface area contributed by atoms with Crippen LogP contribution in [0.5, 0.6) is 0 Å². The molecule has 0 radical (unpaired) electrons. The summed E-state index contributed by atoms with van der Waals surface area (Å²) >= 11 is 0. The smallest absolute Gasteiger partial charge is 0.0211 e. The van der Waals surface area contributed by atoms with Gasteiger partial charge in [0.25, 0.3) is 0 Å². The van der Waals surface area contributed by atoms with E-state index in [-0.39, 0.29) is 0 Å². The largest absolute Gasteiger partial charge is 0.316 e. The molecule has 0 bridgehead atoms.